The molecule has 3 aliphatic carbocycles. The Labute approximate surface area is 247 Å². The highest BCUT2D eigenvalue weighted by Gasteiger charge is 2.50. The average molecular weight is 622 g/mol. The van der Waals surface area contributed by atoms with Gasteiger partial charge < -0.3 is 14.4 Å². The number of primary sulfonamides is 1. The number of halogens is 3. The molecule has 2 saturated carbocycles. The van der Waals surface area contributed by atoms with Gasteiger partial charge in [0.25, 0.3) is 0 Å². The quantitative estimate of drug-likeness (QED) is 0.279. The van der Waals surface area contributed by atoms with Crippen LogP contribution in [0.4, 0.5) is 0 Å². The van der Waals surface area contributed by atoms with Crippen molar-refractivity contribution in [2.45, 2.75) is 61.0 Å². The van der Waals surface area contributed by atoms with Crippen LogP contribution in [0.5, 0.6) is 0 Å². The van der Waals surface area contributed by atoms with E-state index in [1.807, 2.05) is 12.1 Å². The molecule has 3 aliphatic rings. The molecule has 1 aromatic heterocycles. The molecule has 6 rings (SSSR count). The number of ether oxygens (including phenoxy) is 1. The van der Waals surface area contributed by atoms with E-state index in [4.69, 9.17) is 49.2 Å². The summed E-state index contributed by atoms with van der Waals surface area (Å²) in [5.74, 6) is 1.42. The van der Waals surface area contributed by atoms with Gasteiger partial charge >= 0.3 is 0 Å². The minimum absolute atomic E-state index is 0.0160. The number of hydrogen-bond donors (Lipinski definition) is 2. The number of rotatable bonds is 8. The molecule has 0 amide bonds. The predicted molar refractivity (Wildman–Crippen MR) is 154 cm³/mol. The third kappa shape index (κ3) is 5.33. The number of nitrogens with two attached hydrogens (primary N) is 1. The second-order valence-corrected chi connectivity index (χ2v) is 13.6. The van der Waals surface area contributed by atoms with E-state index in [-0.39, 0.29) is 23.3 Å². The summed E-state index contributed by atoms with van der Waals surface area (Å²) in [5, 5.41) is 22.4. The number of aliphatic hydroxyl groups is 1. The molecule has 40 heavy (non-hydrogen) atoms. The molecular weight excluding hydrogens is 595 g/mol. The van der Waals surface area contributed by atoms with Crippen molar-refractivity contribution >= 4 is 44.8 Å². The standard InChI is InChI=1S/C29H27Cl3N2O5S/c30-23-5-2-6-24(31)26(23)27-21(28(39-34-27)16-7-8-16)15-38-19-9-10-22(25(32)12-19)29(35)13-18(14-29)17-3-1-4-20(11-17)40(33,36)37/h1-6,9,11-12,16,18,22,35H,7-8,10,13-15H2,(H2,33,36,37). The number of sulfonamides is 1. The first-order chi connectivity index (χ1) is 19.0. The summed E-state index contributed by atoms with van der Waals surface area (Å²) in [6, 6.07) is 11.9. The van der Waals surface area contributed by atoms with Gasteiger partial charge in [-0.2, -0.15) is 0 Å². The Bertz CT molecular complexity index is 1620. The normalized spacial score (nSPS) is 24.7. The molecule has 1 unspecified atom stereocenters. The van der Waals surface area contributed by atoms with Crippen molar-refractivity contribution in [3.8, 4) is 11.3 Å². The number of benzene rings is 2. The Morgan fingerprint density at radius 2 is 1.77 bits per heavy atom. The third-order valence-electron chi connectivity index (χ3n) is 8.02. The van der Waals surface area contributed by atoms with E-state index in [1.54, 1.807) is 36.4 Å². The van der Waals surface area contributed by atoms with Crippen LogP contribution in [0.25, 0.3) is 11.3 Å². The molecule has 2 aromatic carbocycles. The van der Waals surface area contributed by atoms with Crippen molar-refractivity contribution in [1.29, 1.82) is 0 Å². The van der Waals surface area contributed by atoms with Crippen LogP contribution in [0, 0.1) is 5.92 Å². The molecule has 11 heteroatoms. The highest BCUT2D eigenvalue weighted by atomic mass is 35.5. The Kier molecular flexibility index (Phi) is 7.30. The highest BCUT2D eigenvalue weighted by Crippen LogP contribution is 2.53. The van der Waals surface area contributed by atoms with E-state index in [2.05, 4.69) is 5.16 Å². The zero-order valence-corrected chi connectivity index (χ0v) is 24.4. The zero-order chi connectivity index (χ0) is 28.2. The highest BCUT2D eigenvalue weighted by molar-refractivity contribution is 7.89. The van der Waals surface area contributed by atoms with Crippen molar-refractivity contribution in [1.82, 2.24) is 5.16 Å². The summed E-state index contributed by atoms with van der Waals surface area (Å²) in [7, 11) is -3.79. The van der Waals surface area contributed by atoms with E-state index in [0.29, 0.717) is 57.3 Å². The molecule has 0 radical (unpaired) electrons. The average Bonchev–Trinajstić information content (AvgIpc) is 3.65. The molecule has 0 spiro atoms. The van der Waals surface area contributed by atoms with Crippen LogP contribution in [-0.2, 0) is 21.4 Å². The third-order valence-corrected chi connectivity index (χ3v) is 9.94. The number of aromatic nitrogens is 1. The van der Waals surface area contributed by atoms with Gasteiger partial charge in [0.15, 0.2) is 0 Å². The summed E-state index contributed by atoms with van der Waals surface area (Å²) < 4.78 is 35.4. The molecule has 3 N–H and O–H groups in total. The first-order valence-electron chi connectivity index (χ1n) is 13.0. The Morgan fingerprint density at radius 3 is 2.42 bits per heavy atom. The summed E-state index contributed by atoms with van der Waals surface area (Å²) in [4.78, 5) is 0.0680. The smallest absolute Gasteiger partial charge is 0.238 e. The van der Waals surface area contributed by atoms with E-state index in [9.17, 15) is 13.5 Å². The monoisotopic (exact) mass is 620 g/mol. The van der Waals surface area contributed by atoms with Crippen LogP contribution in [0.2, 0.25) is 10.0 Å². The van der Waals surface area contributed by atoms with Gasteiger partial charge in [0.05, 0.1) is 26.1 Å². The van der Waals surface area contributed by atoms with Crippen LogP contribution in [0.15, 0.2) is 74.8 Å². The second kappa shape index (κ2) is 10.5. The van der Waals surface area contributed by atoms with Crippen molar-refractivity contribution in [2.75, 3.05) is 0 Å². The predicted octanol–water partition coefficient (Wildman–Crippen LogP) is 7.03. The molecule has 3 aromatic rings. The summed E-state index contributed by atoms with van der Waals surface area (Å²) in [6.45, 7) is 0.204. The van der Waals surface area contributed by atoms with Gasteiger partial charge in [-0.15, -0.1) is 0 Å². The maximum atomic E-state index is 11.7. The van der Waals surface area contributed by atoms with Gasteiger partial charge in [-0.1, -0.05) is 58.2 Å². The van der Waals surface area contributed by atoms with E-state index >= 15 is 0 Å². The van der Waals surface area contributed by atoms with Crippen LogP contribution >= 0.6 is 34.8 Å². The molecule has 210 valence electrons. The van der Waals surface area contributed by atoms with Crippen molar-refractivity contribution < 1.29 is 22.8 Å². The van der Waals surface area contributed by atoms with Gasteiger partial charge in [-0.25, -0.2) is 13.6 Å². The van der Waals surface area contributed by atoms with Gasteiger partial charge in [0.1, 0.15) is 23.8 Å². The van der Waals surface area contributed by atoms with Gasteiger partial charge in [-0.05, 0) is 80.0 Å². The van der Waals surface area contributed by atoms with E-state index in [0.717, 1.165) is 29.7 Å². The van der Waals surface area contributed by atoms with E-state index < -0.39 is 15.6 Å². The van der Waals surface area contributed by atoms with Gasteiger partial charge in [0, 0.05) is 22.4 Å². The van der Waals surface area contributed by atoms with Crippen LogP contribution < -0.4 is 5.14 Å². The molecule has 0 aliphatic heterocycles. The zero-order valence-electron chi connectivity index (χ0n) is 21.3. The summed E-state index contributed by atoms with van der Waals surface area (Å²) >= 11 is 19.6. The molecular formula is C29H27Cl3N2O5S. The number of allylic oxidation sites excluding steroid dienone is 2. The lowest BCUT2D eigenvalue weighted by Crippen LogP contribution is -2.49. The second-order valence-electron chi connectivity index (χ2n) is 10.8. The Hall–Kier alpha value is -2.33. The van der Waals surface area contributed by atoms with Crippen molar-refractivity contribution in [2.24, 2.45) is 11.1 Å². The molecule has 2 fully saturated rings. The summed E-state index contributed by atoms with van der Waals surface area (Å²) in [5.41, 5.74) is 1.83. The maximum absolute atomic E-state index is 11.7. The fraction of sp³-hybridized carbons (Fsp3) is 0.345. The fourth-order valence-electron chi connectivity index (χ4n) is 5.68. The Balaban J connectivity index is 1.14. The lowest BCUT2D eigenvalue weighted by molar-refractivity contribution is -0.0837. The minimum Gasteiger partial charge on any atom is -0.489 e. The maximum Gasteiger partial charge on any atom is 0.238 e. The van der Waals surface area contributed by atoms with Crippen molar-refractivity contribution in [3.05, 3.63) is 92.3 Å². The SMILES string of the molecule is NS(=O)(=O)c1cccc(C2CC(O)(C3CC=C(OCc4c(-c5c(Cl)cccc5Cl)noc4C4CC4)C=C3Cl)C2)c1. The van der Waals surface area contributed by atoms with Crippen LogP contribution in [0.1, 0.15) is 60.8 Å². The van der Waals surface area contributed by atoms with Gasteiger partial charge in [-0.3, -0.25) is 0 Å². The molecule has 7 nitrogen and oxygen atoms in total. The first kappa shape index (κ1) is 27.8. The Morgan fingerprint density at radius 1 is 1.07 bits per heavy atom. The van der Waals surface area contributed by atoms with Crippen molar-refractivity contribution in [3.63, 3.8) is 0 Å². The molecule has 0 bridgehead atoms. The lowest BCUT2D eigenvalue weighted by atomic mass is 9.61. The first-order valence-corrected chi connectivity index (χ1v) is 15.7. The number of nitrogens with zero attached hydrogens (tertiary/aromatic N) is 1. The number of hydrogen-bond acceptors (Lipinski definition) is 6. The van der Waals surface area contributed by atoms with Gasteiger partial charge in [0.2, 0.25) is 10.0 Å². The van der Waals surface area contributed by atoms with Crippen LogP contribution in [-0.4, -0.2) is 24.3 Å². The lowest BCUT2D eigenvalue weighted by Gasteiger charge is -2.49. The van der Waals surface area contributed by atoms with Crippen LogP contribution in [0.3, 0.4) is 0 Å². The minimum atomic E-state index is -3.79. The summed E-state index contributed by atoms with van der Waals surface area (Å²) in [6.07, 6.45) is 7.17. The fourth-order valence-corrected chi connectivity index (χ4v) is 7.23. The molecule has 1 heterocycles. The topological polar surface area (TPSA) is 116 Å². The largest absolute Gasteiger partial charge is 0.489 e. The van der Waals surface area contributed by atoms with E-state index in [1.165, 1.54) is 6.07 Å². The molecule has 1 atom stereocenters. The molecule has 0 saturated heterocycles.